The molecular formula is C19H23NO. The van der Waals surface area contributed by atoms with E-state index in [4.69, 9.17) is 0 Å². The first-order chi connectivity index (χ1) is 9.95. The Bertz CT molecular complexity index is 629. The van der Waals surface area contributed by atoms with Crippen molar-refractivity contribution in [1.29, 1.82) is 0 Å². The smallest absolute Gasteiger partial charge is 0.227 e. The van der Waals surface area contributed by atoms with E-state index >= 15 is 0 Å². The van der Waals surface area contributed by atoms with Crippen molar-refractivity contribution in [2.75, 3.05) is 7.05 Å². The number of benzene rings is 2. The number of nitrogens with zero attached hydrogens (tertiary/aromatic N) is 1. The van der Waals surface area contributed by atoms with Gasteiger partial charge in [0.1, 0.15) is 0 Å². The summed E-state index contributed by atoms with van der Waals surface area (Å²) in [4.78, 5) is 14.1. The van der Waals surface area contributed by atoms with Gasteiger partial charge in [0.05, 0.1) is 6.42 Å². The molecule has 2 rings (SSSR count). The molecule has 0 spiro atoms. The summed E-state index contributed by atoms with van der Waals surface area (Å²) in [6, 6.07) is 14.5. The summed E-state index contributed by atoms with van der Waals surface area (Å²) < 4.78 is 0. The van der Waals surface area contributed by atoms with Gasteiger partial charge in [0, 0.05) is 13.6 Å². The van der Waals surface area contributed by atoms with Gasteiger partial charge in [0.25, 0.3) is 0 Å². The normalized spacial score (nSPS) is 10.5. The zero-order valence-electron chi connectivity index (χ0n) is 13.3. The van der Waals surface area contributed by atoms with Gasteiger partial charge in [-0.1, -0.05) is 48.0 Å². The van der Waals surface area contributed by atoms with Crippen LogP contribution in [0.4, 0.5) is 0 Å². The summed E-state index contributed by atoms with van der Waals surface area (Å²) in [7, 11) is 1.86. The highest BCUT2D eigenvalue weighted by atomic mass is 16.2. The second-order valence-corrected chi connectivity index (χ2v) is 5.83. The van der Waals surface area contributed by atoms with Crippen molar-refractivity contribution in [1.82, 2.24) is 4.90 Å². The maximum absolute atomic E-state index is 12.3. The van der Waals surface area contributed by atoms with E-state index in [9.17, 15) is 4.79 Å². The lowest BCUT2D eigenvalue weighted by Gasteiger charge is -2.18. The van der Waals surface area contributed by atoms with Gasteiger partial charge in [0.15, 0.2) is 0 Å². The lowest BCUT2D eigenvalue weighted by molar-refractivity contribution is -0.129. The highest BCUT2D eigenvalue weighted by Crippen LogP contribution is 2.12. The number of hydrogen-bond acceptors (Lipinski definition) is 1. The minimum absolute atomic E-state index is 0.152. The first-order valence-corrected chi connectivity index (χ1v) is 7.31. The van der Waals surface area contributed by atoms with Crippen molar-refractivity contribution in [3.63, 3.8) is 0 Å². The van der Waals surface area contributed by atoms with E-state index in [-0.39, 0.29) is 5.91 Å². The molecule has 0 radical (unpaired) electrons. The SMILES string of the molecule is Cc1ccc(CN(C)C(=O)Cc2ccc(C)c(C)c2)cc1. The number of hydrogen-bond donors (Lipinski definition) is 0. The molecule has 0 saturated heterocycles. The predicted molar refractivity (Wildman–Crippen MR) is 87.3 cm³/mol. The fourth-order valence-corrected chi connectivity index (χ4v) is 2.28. The van der Waals surface area contributed by atoms with Gasteiger partial charge in [-0.3, -0.25) is 4.79 Å². The molecule has 0 aliphatic heterocycles. The summed E-state index contributed by atoms with van der Waals surface area (Å²) in [5.41, 5.74) is 5.99. The minimum atomic E-state index is 0.152. The van der Waals surface area contributed by atoms with Crippen LogP contribution in [0.5, 0.6) is 0 Å². The fraction of sp³-hybridized carbons (Fsp3) is 0.316. The molecule has 0 saturated carbocycles. The first-order valence-electron chi connectivity index (χ1n) is 7.31. The monoisotopic (exact) mass is 281 g/mol. The molecule has 2 heteroatoms. The molecule has 0 N–H and O–H groups in total. The van der Waals surface area contributed by atoms with Gasteiger partial charge in [-0.2, -0.15) is 0 Å². The Morgan fingerprint density at radius 3 is 2.14 bits per heavy atom. The lowest BCUT2D eigenvalue weighted by atomic mass is 10.0. The predicted octanol–water partition coefficient (Wildman–Crippen LogP) is 3.81. The summed E-state index contributed by atoms with van der Waals surface area (Å²) in [6.07, 6.45) is 0.462. The fourth-order valence-electron chi connectivity index (χ4n) is 2.28. The lowest BCUT2D eigenvalue weighted by Crippen LogP contribution is -2.27. The van der Waals surface area contributed by atoms with Crippen LogP contribution in [0.2, 0.25) is 0 Å². The van der Waals surface area contributed by atoms with Crippen LogP contribution in [0.25, 0.3) is 0 Å². The third-order valence-corrected chi connectivity index (χ3v) is 3.89. The maximum atomic E-state index is 12.3. The maximum Gasteiger partial charge on any atom is 0.227 e. The van der Waals surface area contributed by atoms with E-state index in [2.05, 4.69) is 57.2 Å². The molecule has 0 fully saturated rings. The molecule has 0 aromatic heterocycles. The second-order valence-electron chi connectivity index (χ2n) is 5.83. The highest BCUT2D eigenvalue weighted by molar-refractivity contribution is 5.78. The molecule has 0 atom stereocenters. The molecule has 21 heavy (non-hydrogen) atoms. The van der Waals surface area contributed by atoms with Crippen LogP contribution in [0.15, 0.2) is 42.5 Å². The van der Waals surface area contributed by atoms with Crippen LogP contribution in [0, 0.1) is 20.8 Å². The van der Waals surface area contributed by atoms with Crippen LogP contribution in [0.1, 0.15) is 27.8 Å². The van der Waals surface area contributed by atoms with Crippen molar-refractivity contribution in [2.24, 2.45) is 0 Å². The van der Waals surface area contributed by atoms with Gasteiger partial charge in [-0.05, 0) is 43.0 Å². The number of carbonyl (C=O) groups excluding carboxylic acids is 1. The molecule has 0 aliphatic rings. The van der Waals surface area contributed by atoms with Crippen molar-refractivity contribution < 1.29 is 4.79 Å². The van der Waals surface area contributed by atoms with Gasteiger partial charge >= 0.3 is 0 Å². The molecule has 0 heterocycles. The summed E-state index contributed by atoms with van der Waals surface area (Å²) >= 11 is 0. The van der Waals surface area contributed by atoms with E-state index < -0.39 is 0 Å². The number of rotatable bonds is 4. The Labute approximate surface area is 127 Å². The second kappa shape index (κ2) is 6.57. The number of aryl methyl sites for hydroxylation is 3. The topological polar surface area (TPSA) is 20.3 Å². The third-order valence-electron chi connectivity index (χ3n) is 3.89. The minimum Gasteiger partial charge on any atom is -0.341 e. The van der Waals surface area contributed by atoms with Crippen molar-refractivity contribution >= 4 is 5.91 Å². The largest absolute Gasteiger partial charge is 0.341 e. The highest BCUT2D eigenvalue weighted by Gasteiger charge is 2.10. The van der Waals surface area contributed by atoms with Gasteiger partial charge in [-0.15, -0.1) is 0 Å². The van der Waals surface area contributed by atoms with Gasteiger partial charge < -0.3 is 4.90 Å². The molecule has 1 amide bonds. The molecule has 2 nitrogen and oxygen atoms in total. The van der Waals surface area contributed by atoms with Gasteiger partial charge in [-0.25, -0.2) is 0 Å². The van der Waals surface area contributed by atoms with Crippen LogP contribution in [0.3, 0.4) is 0 Å². The zero-order chi connectivity index (χ0) is 15.4. The average molecular weight is 281 g/mol. The van der Waals surface area contributed by atoms with E-state index in [1.807, 2.05) is 13.1 Å². The number of likely N-dealkylation sites (N-methyl/N-ethyl adjacent to an activating group) is 1. The molecule has 0 bridgehead atoms. The average Bonchev–Trinajstić information content (AvgIpc) is 2.45. The van der Waals surface area contributed by atoms with Crippen molar-refractivity contribution in [2.45, 2.75) is 33.7 Å². The Morgan fingerprint density at radius 2 is 1.52 bits per heavy atom. The quantitative estimate of drug-likeness (QED) is 0.834. The molecule has 2 aromatic rings. The van der Waals surface area contributed by atoms with E-state index in [0.29, 0.717) is 13.0 Å². The molecular weight excluding hydrogens is 258 g/mol. The molecule has 110 valence electrons. The van der Waals surface area contributed by atoms with Crippen LogP contribution in [-0.4, -0.2) is 17.9 Å². The summed E-state index contributed by atoms with van der Waals surface area (Å²) in [5.74, 6) is 0.152. The van der Waals surface area contributed by atoms with Crippen molar-refractivity contribution in [3.05, 3.63) is 70.3 Å². The Kier molecular flexibility index (Phi) is 4.79. The number of carbonyl (C=O) groups is 1. The molecule has 0 unspecified atom stereocenters. The molecule has 0 aliphatic carbocycles. The Hall–Kier alpha value is -2.09. The Morgan fingerprint density at radius 1 is 0.905 bits per heavy atom. The van der Waals surface area contributed by atoms with E-state index in [1.165, 1.54) is 16.7 Å². The van der Waals surface area contributed by atoms with E-state index in [1.54, 1.807) is 4.90 Å². The van der Waals surface area contributed by atoms with Gasteiger partial charge in [0.2, 0.25) is 5.91 Å². The van der Waals surface area contributed by atoms with Crippen molar-refractivity contribution in [3.8, 4) is 0 Å². The van der Waals surface area contributed by atoms with Crippen LogP contribution >= 0.6 is 0 Å². The number of amides is 1. The zero-order valence-corrected chi connectivity index (χ0v) is 13.3. The molecule has 2 aromatic carbocycles. The van der Waals surface area contributed by atoms with Crippen LogP contribution < -0.4 is 0 Å². The first kappa shape index (κ1) is 15.3. The van der Waals surface area contributed by atoms with Crippen LogP contribution in [-0.2, 0) is 17.8 Å². The van der Waals surface area contributed by atoms with E-state index in [0.717, 1.165) is 11.1 Å². The summed E-state index contributed by atoms with van der Waals surface area (Å²) in [6.45, 7) is 6.89. The standard InChI is InChI=1S/C19H23NO/c1-14-5-8-17(9-6-14)13-20(4)19(21)12-18-10-7-15(2)16(3)11-18/h5-11H,12-13H2,1-4H3. The third kappa shape index (κ3) is 4.19. The summed E-state index contributed by atoms with van der Waals surface area (Å²) in [5, 5.41) is 0. The Balaban J connectivity index is 1.98.